The molecule has 0 atom stereocenters. The van der Waals surface area contributed by atoms with E-state index in [2.05, 4.69) is 13.8 Å². The van der Waals surface area contributed by atoms with Crippen LogP contribution in [0.2, 0.25) is 0 Å². The first-order valence-electron chi connectivity index (χ1n) is 14.4. The fraction of sp³-hybridized carbons (Fsp3) is 1.00. The van der Waals surface area contributed by atoms with Gasteiger partial charge in [-0.1, -0.05) is 90.9 Å². The molecule has 0 aliphatic heterocycles. The van der Waals surface area contributed by atoms with E-state index in [1.165, 1.54) is 77.0 Å². The Morgan fingerprint density at radius 1 is 0.235 bits per heavy atom. The van der Waals surface area contributed by atoms with Crippen LogP contribution in [0.25, 0.3) is 0 Å². The lowest BCUT2D eigenvalue weighted by atomic mass is 10.1. The highest BCUT2D eigenvalue weighted by Gasteiger charge is 1.96. The summed E-state index contributed by atoms with van der Waals surface area (Å²) in [6, 6.07) is 0. The van der Waals surface area contributed by atoms with E-state index in [9.17, 15) is 0 Å². The molecule has 0 aliphatic rings. The summed E-state index contributed by atoms with van der Waals surface area (Å²) >= 11 is 0. The van der Waals surface area contributed by atoms with Crippen LogP contribution in [0.4, 0.5) is 0 Å². The van der Waals surface area contributed by atoms with Crippen molar-refractivity contribution in [3.8, 4) is 0 Å². The van der Waals surface area contributed by atoms with Crippen LogP contribution in [-0.2, 0) is 28.4 Å². The van der Waals surface area contributed by atoms with Gasteiger partial charge < -0.3 is 28.4 Å². The Labute approximate surface area is 211 Å². The molecule has 0 aromatic heterocycles. The average molecular weight is 491 g/mol. The number of hydrogen-bond acceptors (Lipinski definition) is 6. The number of hydrogen-bond donors (Lipinski definition) is 0. The van der Waals surface area contributed by atoms with Crippen molar-refractivity contribution in [3.05, 3.63) is 0 Å². The summed E-state index contributed by atoms with van der Waals surface area (Å²) in [7, 11) is 0. The van der Waals surface area contributed by atoms with Crippen molar-refractivity contribution in [2.24, 2.45) is 0 Å². The van der Waals surface area contributed by atoms with E-state index in [1.54, 1.807) is 0 Å². The molecule has 0 unspecified atom stereocenters. The highest BCUT2D eigenvalue weighted by atomic mass is 16.6. The molecule has 0 radical (unpaired) electrons. The minimum absolute atomic E-state index is 0.582. The second-order valence-corrected chi connectivity index (χ2v) is 8.92. The van der Waals surface area contributed by atoms with E-state index >= 15 is 0 Å². The second-order valence-electron chi connectivity index (χ2n) is 8.92. The smallest absolute Gasteiger partial charge is 0.0701 e. The van der Waals surface area contributed by atoms with Crippen molar-refractivity contribution in [2.45, 2.75) is 104 Å². The van der Waals surface area contributed by atoms with Crippen LogP contribution in [0.1, 0.15) is 104 Å². The van der Waals surface area contributed by atoms with Crippen LogP contribution < -0.4 is 0 Å². The molecule has 206 valence electrons. The van der Waals surface area contributed by atoms with Gasteiger partial charge in [-0.05, 0) is 12.8 Å². The van der Waals surface area contributed by atoms with Gasteiger partial charge in [0.1, 0.15) is 0 Å². The van der Waals surface area contributed by atoms with Crippen molar-refractivity contribution in [3.63, 3.8) is 0 Å². The predicted octanol–water partition coefficient (Wildman–Crippen LogP) is 6.59. The lowest BCUT2D eigenvalue weighted by Crippen LogP contribution is -2.14. The molecule has 34 heavy (non-hydrogen) atoms. The third-order valence-electron chi connectivity index (χ3n) is 5.64. The van der Waals surface area contributed by atoms with Crippen LogP contribution >= 0.6 is 0 Å². The van der Waals surface area contributed by atoms with Gasteiger partial charge in [0.15, 0.2) is 0 Å². The molecular formula is C28H58O6. The summed E-state index contributed by atoms with van der Waals surface area (Å²) in [6.07, 6.45) is 18.6. The summed E-state index contributed by atoms with van der Waals surface area (Å²) in [5.74, 6) is 0. The van der Waals surface area contributed by atoms with Crippen molar-refractivity contribution >= 4 is 0 Å². The zero-order chi connectivity index (χ0) is 24.6. The van der Waals surface area contributed by atoms with Gasteiger partial charge in [0.2, 0.25) is 0 Å². The third kappa shape index (κ3) is 31.8. The van der Waals surface area contributed by atoms with Crippen LogP contribution in [-0.4, -0.2) is 79.3 Å². The highest BCUT2D eigenvalue weighted by molar-refractivity contribution is 4.48. The van der Waals surface area contributed by atoms with E-state index in [4.69, 9.17) is 28.4 Å². The molecule has 6 nitrogen and oxygen atoms in total. The van der Waals surface area contributed by atoms with Crippen LogP contribution in [0.3, 0.4) is 0 Å². The molecule has 0 amide bonds. The van der Waals surface area contributed by atoms with Gasteiger partial charge >= 0.3 is 0 Å². The average Bonchev–Trinajstić information content (AvgIpc) is 2.85. The molecule has 0 bridgehead atoms. The minimum Gasteiger partial charge on any atom is -0.379 e. The lowest BCUT2D eigenvalue weighted by Gasteiger charge is -2.08. The van der Waals surface area contributed by atoms with E-state index in [0.717, 1.165) is 26.1 Å². The van der Waals surface area contributed by atoms with Crippen molar-refractivity contribution in [2.75, 3.05) is 79.3 Å². The third-order valence-corrected chi connectivity index (χ3v) is 5.64. The highest BCUT2D eigenvalue weighted by Crippen LogP contribution is 2.11. The first-order chi connectivity index (χ1) is 16.9. The van der Waals surface area contributed by atoms with Gasteiger partial charge in [-0.3, -0.25) is 0 Å². The second kappa shape index (κ2) is 32.8. The molecule has 6 heteroatoms. The maximum absolute atomic E-state index is 5.64. The fourth-order valence-corrected chi connectivity index (χ4v) is 3.52. The van der Waals surface area contributed by atoms with Gasteiger partial charge in [0.25, 0.3) is 0 Å². The van der Waals surface area contributed by atoms with Gasteiger partial charge in [0, 0.05) is 13.2 Å². The number of rotatable bonds is 31. The maximum Gasteiger partial charge on any atom is 0.0701 e. The standard InChI is InChI=1S/C28H58O6/c1-3-5-7-8-9-10-11-12-13-14-16-18-30-20-22-32-24-26-34-28-27-33-25-23-31-21-19-29-17-15-6-4-2/h3-28H2,1-2H3. The minimum atomic E-state index is 0.582. The summed E-state index contributed by atoms with van der Waals surface area (Å²) in [5.41, 5.74) is 0. The van der Waals surface area contributed by atoms with Crippen LogP contribution in [0, 0.1) is 0 Å². The van der Waals surface area contributed by atoms with E-state index in [0.29, 0.717) is 66.1 Å². The topological polar surface area (TPSA) is 55.4 Å². The SMILES string of the molecule is CCCCCCCCCCCCCOCCOCCOCCOCCOCCOCCCCC. The maximum atomic E-state index is 5.64. The molecule has 0 saturated carbocycles. The Hall–Kier alpha value is -0.240. The lowest BCUT2D eigenvalue weighted by molar-refractivity contribution is -0.0169. The molecule has 0 N–H and O–H groups in total. The van der Waals surface area contributed by atoms with Crippen LogP contribution in [0.5, 0.6) is 0 Å². The first kappa shape index (κ1) is 33.8. The predicted molar refractivity (Wildman–Crippen MR) is 141 cm³/mol. The first-order valence-corrected chi connectivity index (χ1v) is 14.4. The molecule has 0 aliphatic carbocycles. The van der Waals surface area contributed by atoms with Gasteiger partial charge in [0.05, 0.1) is 66.1 Å². The summed E-state index contributed by atoms with van der Waals surface area (Å²) in [6.45, 7) is 12.3. The molecular weight excluding hydrogens is 432 g/mol. The molecule has 0 aromatic carbocycles. The summed E-state index contributed by atoms with van der Waals surface area (Å²) < 4.78 is 33.1. The fourth-order valence-electron chi connectivity index (χ4n) is 3.52. The summed E-state index contributed by atoms with van der Waals surface area (Å²) in [4.78, 5) is 0. The van der Waals surface area contributed by atoms with E-state index in [1.807, 2.05) is 0 Å². The Morgan fingerprint density at radius 3 is 0.765 bits per heavy atom. The van der Waals surface area contributed by atoms with Gasteiger partial charge in [-0.2, -0.15) is 0 Å². The monoisotopic (exact) mass is 490 g/mol. The molecule has 0 spiro atoms. The summed E-state index contributed by atoms with van der Waals surface area (Å²) in [5, 5.41) is 0. The Balaban J connectivity index is 2.99. The number of unbranched alkanes of at least 4 members (excludes halogenated alkanes) is 12. The Morgan fingerprint density at radius 2 is 0.441 bits per heavy atom. The van der Waals surface area contributed by atoms with Crippen molar-refractivity contribution < 1.29 is 28.4 Å². The van der Waals surface area contributed by atoms with Gasteiger partial charge in [-0.15, -0.1) is 0 Å². The molecule has 0 aromatic rings. The zero-order valence-electron chi connectivity index (χ0n) is 22.8. The molecule has 0 saturated heterocycles. The Bertz CT molecular complexity index is 311. The molecule has 0 rings (SSSR count). The molecule has 0 fully saturated rings. The molecule has 0 heterocycles. The van der Waals surface area contributed by atoms with Gasteiger partial charge in [-0.25, -0.2) is 0 Å². The number of ether oxygens (including phenoxy) is 6. The zero-order valence-corrected chi connectivity index (χ0v) is 22.8. The normalized spacial score (nSPS) is 11.5. The quantitative estimate of drug-likeness (QED) is 0.102. The van der Waals surface area contributed by atoms with E-state index in [-0.39, 0.29) is 0 Å². The Kier molecular flexibility index (Phi) is 32.5. The van der Waals surface area contributed by atoms with Crippen molar-refractivity contribution in [1.82, 2.24) is 0 Å². The van der Waals surface area contributed by atoms with Crippen LogP contribution in [0.15, 0.2) is 0 Å². The largest absolute Gasteiger partial charge is 0.379 e. The van der Waals surface area contributed by atoms with E-state index < -0.39 is 0 Å². The van der Waals surface area contributed by atoms with Crippen molar-refractivity contribution in [1.29, 1.82) is 0 Å².